The number of halogens is 4. The molecule has 0 unspecified atom stereocenters. The minimum atomic E-state index is -4.38. The van der Waals surface area contributed by atoms with Crippen LogP contribution in [0.5, 0.6) is 0 Å². The Morgan fingerprint density at radius 3 is 2.20 bits per heavy atom. The smallest absolute Gasteiger partial charge is 0.368 e. The van der Waals surface area contributed by atoms with Crippen molar-refractivity contribution in [3.8, 4) is 0 Å². The maximum Gasteiger partial charge on any atom is 0.416 e. The number of rotatable bonds is 8. The van der Waals surface area contributed by atoms with Gasteiger partial charge in [0, 0.05) is 37.7 Å². The zero-order valence-corrected chi connectivity index (χ0v) is 21.0. The SMILES string of the molecule is O=S(=O)(c1cccs1)N1CCN(C[C@@H](OCc2ccc(C(F)(F)F)cc2)c2ccc(Cl)cc2)CC1. The summed E-state index contributed by atoms with van der Waals surface area (Å²) in [5, 5.41) is 2.33. The zero-order chi connectivity index (χ0) is 25.1. The quantitative estimate of drug-likeness (QED) is 0.366. The summed E-state index contributed by atoms with van der Waals surface area (Å²) in [6.45, 7) is 2.46. The maximum absolute atomic E-state index is 12.8. The van der Waals surface area contributed by atoms with Gasteiger partial charge in [-0.05, 0) is 46.8 Å². The van der Waals surface area contributed by atoms with Crippen molar-refractivity contribution in [3.63, 3.8) is 0 Å². The fourth-order valence-electron chi connectivity index (χ4n) is 3.84. The Balaban J connectivity index is 1.41. The second-order valence-corrected chi connectivity index (χ2v) is 11.7. The molecule has 2 heterocycles. The highest BCUT2D eigenvalue weighted by molar-refractivity contribution is 7.91. The summed E-state index contributed by atoms with van der Waals surface area (Å²) in [6.07, 6.45) is -4.75. The molecular weight excluding hydrogens is 521 g/mol. The summed E-state index contributed by atoms with van der Waals surface area (Å²) in [6, 6.07) is 15.5. The van der Waals surface area contributed by atoms with Crippen molar-refractivity contribution < 1.29 is 26.3 Å². The monoisotopic (exact) mass is 544 g/mol. The van der Waals surface area contributed by atoms with E-state index in [1.54, 1.807) is 29.6 Å². The van der Waals surface area contributed by atoms with Crippen LogP contribution in [0.2, 0.25) is 5.02 Å². The minimum Gasteiger partial charge on any atom is -0.368 e. The molecule has 1 fully saturated rings. The molecular formula is C24H24ClF3N2O3S2. The number of nitrogens with zero attached hydrogens (tertiary/aromatic N) is 2. The lowest BCUT2D eigenvalue weighted by atomic mass is 10.1. The second-order valence-electron chi connectivity index (χ2n) is 8.18. The summed E-state index contributed by atoms with van der Waals surface area (Å²) < 4.78 is 72.1. The van der Waals surface area contributed by atoms with Gasteiger partial charge in [-0.2, -0.15) is 17.5 Å². The molecule has 0 saturated carbocycles. The molecule has 3 aromatic rings. The first-order chi connectivity index (χ1) is 16.6. The Hall–Kier alpha value is -1.95. The van der Waals surface area contributed by atoms with Crippen LogP contribution in [-0.4, -0.2) is 50.3 Å². The van der Waals surface area contributed by atoms with E-state index in [1.165, 1.54) is 27.8 Å². The van der Waals surface area contributed by atoms with Crippen molar-refractivity contribution in [1.82, 2.24) is 9.21 Å². The third kappa shape index (κ3) is 6.63. The van der Waals surface area contributed by atoms with E-state index in [1.807, 2.05) is 12.1 Å². The van der Waals surface area contributed by atoms with Crippen molar-refractivity contribution in [2.24, 2.45) is 0 Å². The van der Waals surface area contributed by atoms with Crippen LogP contribution in [0.3, 0.4) is 0 Å². The molecule has 188 valence electrons. The van der Waals surface area contributed by atoms with Gasteiger partial charge in [0.05, 0.1) is 18.3 Å². The molecule has 1 aromatic heterocycles. The normalized spacial score (nSPS) is 16.9. The van der Waals surface area contributed by atoms with Crippen molar-refractivity contribution >= 4 is 33.0 Å². The van der Waals surface area contributed by atoms with E-state index in [-0.39, 0.29) is 12.7 Å². The minimum absolute atomic E-state index is 0.137. The average Bonchev–Trinajstić information content (AvgIpc) is 3.38. The Labute approximate surface area is 211 Å². The highest BCUT2D eigenvalue weighted by atomic mass is 35.5. The Morgan fingerprint density at radius 2 is 1.63 bits per heavy atom. The summed E-state index contributed by atoms with van der Waals surface area (Å²) in [5.41, 5.74) is 0.810. The van der Waals surface area contributed by atoms with Crippen molar-refractivity contribution in [2.75, 3.05) is 32.7 Å². The standard InChI is InChI=1S/C24H24ClF3N2O3S2/c25-21-9-5-19(6-10-21)22(33-17-18-3-7-20(8-4-18)24(26,27)28)16-29-11-13-30(14-12-29)35(31,32)23-2-1-15-34-23/h1-10,15,22H,11-14,16-17H2/t22-/m1/s1. The number of alkyl halides is 3. The Morgan fingerprint density at radius 1 is 0.971 bits per heavy atom. The maximum atomic E-state index is 12.8. The van der Waals surface area contributed by atoms with Crippen LogP contribution >= 0.6 is 22.9 Å². The summed E-state index contributed by atoms with van der Waals surface area (Å²) in [4.78, 5) is 2.13. The molecule has 1 saturated heterocycles. The van der Waals surface area contributed by atoms with Gasteiger partial charge in [-0.1, -0.05) is 41.9 Å². The van der Waals surface area contributed by atoms with E-state index in [9.17, 15) is 21.6 Å². The molecule has 0 amide bonds. The lowest BCUT2D eigenvalue weighted by molar-refractivity contribution is -0.137. The lowest BCUT2D eigenvalue weighted by Crippen LogP contribution is -2.49. The summed E-state index contributed by atoms with van der Waals surface area (Å²) >= 11 is 7.23. The van der Waals surface area contributed by atoms with Gasteiger partial charge in [0.1, 0.15) is 4.21 Å². The van der Waals surface area contributed by atoms with Gasteiger partial charge in [0.15, 0.2) is 0 Å². The van der Waals surface area contributed by atoms with Gasteiger partial charge in [-0.25, -0.2) is 8.42 Å². The predicted molar refractivity (Wildman–Crippen MR) is 130 cm³/mol. The largest absolute Gasteiger partial charge is 0.416 e. The van der Waals surface area contributed by atoms with E-state index in [0.29, 0.717) is 47.5 Å². The van der Waals surface area contributed by atoms with Crippen LogP contribution < -0.4 is 0 Å². The van der Waals surface area contributed by atoms with E-state index >= 15 is 0 Å². The van der Waals surface area contributed by atoms with Crippen LogP contribution in [0.4, 0.5) is 13.2 Å². The van der Waals surface area contributed by atoms with E-state index in [2.05, 4.69) is 4.90 Å². The van der Waals surface area contributed by atoms with E-state index in [4.69, 9.17) is 16.3 Å². The highest BCUT2D eigenvalue weighted by Gasteiger charge is 2.31. The number of ether oxygens (including phenoxy) is 1. The molecule has 5 nitrogen and oxygen atoms in total. The molecule has 2 aromatic carbocycles. The average molecular weight is 545 g/mol. The Bertz CT molecular complexity index is 1190. The third-order valence-electron chi connectivity index (χ3n) is 5.82. The first-order valence-electron chi connectivity index (χ1n) is 10.9. The van der Waals surface area contributed by atoms with Crippen LogP contribution in [0.25, 0.3) is 0 Å². The van der Waals surface area contributed by atoms with Gasteiger partial charge >= 0.3 is 6.18 Å². The van der Waals surface area contributed by atoms with Crippen LogP contribution in [0.1, 0.15) is 22.8 Å². The molecule has 0 radical (unpaired) electrons. The van der Waals surface area contributed by atoms with Crippen molar-refractivity contribution in [3.05, 3.63) is 87.8 Å². The van der Waals surface area contributed by atoms with Crippen LogP contribution in [-0.2, 0) is 27.5 Å². The van der Waals surface area contributed by atoms with Crippen LogP contribution in [0, 0.1) is 0 Å². The van der Waals surface area contributed by atoms with Crippen molar-refractivity contribution in [1.29, 1.82) is 0 Å². The zero-order valence-electron chi connectivity index (χ0n) is 18.6. The topological polar surface area (TPSA) is 49.9 Å². The van der Waals surface area contributed by atoms with Gasteiger partial charge < -0.3 is 4.74 Å². The number of hydrogen-bond acceptors (Lipinski definition) is 5. The van der Waals surface area contributed by atoms with Gasteiger partial charge in [0.2, 0.25) is 0 Å². The Kier molecular flexibility index (Phi) is 8.19. The number of piperazine rings is 1. The molecule has 1 aliphatic heterocycles. The number of thiophene rings is 1. The molecule has 1 aliphatic rings. The van der Waals surface area contributed by atoms with E-state index < -0.39 is 21.8 Å². The van der Waals surface area contributed by atoms with Gasteiger partial charge in [-0.15, -0.1) is 11.3 Å². The third-order valence-corrected chi connectivity index (χ3v) is 9.34. The molecule has 0 bridgehead atoms. The van der Waals surface area contributed by atoms with Crippen LogP contribution in [0.15, 0.2) is 70.3 Å². The number of sulfonamides is 1. The molecule has 0 N–H and O–H groups in total. The van der Waals surface area contributed by atoms with Crippen molar-refractivity contribution in [2.45, 2.75) is 23.1 Å². The summed E-state index contributed by atoms with van der Waals surface area (Å²) in [5.74, 6) is 0. The molecule has 0 spiro atoms. The van der Waals surface area contributed by atoms with Gasteiger partial charge in [0.25, 0.3) is 10.0 Å². The second kappa shape index (κ2) is 11.0. The molecule has 35 heavy (non-hydrogen) atoms. The molecule has 4 rings (SSSR count). The number of benzene rings is 2. The fraction of sp³-hybridized carbons (Fsp3) is 0.333. The van der Waals surface area contributed by atoms with E-state index in [0.717, 1.165) is 17.7 Å². The first kappa shape index (κ1) is 26.1. The summed E-state index contributed by atoms with van der Waals surface area (Å²) in [7, 11) is -3.49. The van der Waals surface area contributed by atoms with Gasteiger partial charge in [-0.3, -0.25) is 4.90 Å². The fourth-order valence-corrected chi connectivity index (χ4v) is 6.54. The molecule has 11 heteroatoms. The molecule has 0 aliphatic carbocycles. The molecule has 1 atom stereocenters. The first-order valence-corrected chi connectivity index (χ1v) is 13.6. The highest BCUT2D eigenvalue weighted by Crippen LogP contribution is 2.30. The lowest BCUT2D eigenvalue weighted by Gasteiger charge is -2.35. The predicted octanol–water partition coefficient (Wildman–Crippen LogP) is 5.68. The number of hydrogen-bond donors (Lipinski definition) is 0.